The van der Waals surface area contributed by atoms with E-state index in [1.807, 2.05) is 6.07 Å². The van der Waals surface area contributed by atoms with E-state index in [-0.39, 0.29) is 0 Å². The fourth-order valence-corrected chi connectivity index (χ4v) is 2.86. The maximum atomic E-state index is 9.61. The van der Waals surface area contributed by atoms with Crippen LogP contribution in [0.15, 0.2) is 30.3 Å². The van der Waals surface area contributed by atoms with Gasteiger partial charge in [-0.05, 0) is 50.0 Å². The van der Waals surface area contributed by atoms with E-state index in [9.17, 15) is 5.26 Å². The molecule has 0 bridgehead atoms. The zero-order chi connectivity index (χ0) is 14.5. The topological polar surface area (TPSA) is 45.0 Å². The Labute approximate surface area is 127 Å². The van der Waals surface area contributed by atoms with E-state index in [0.29, 0.717) is 18.6 Å². The van der Waals surface area contributed by atoms with E-state index in [1.54, 1.807) is 0 Å². The van der Waals surface area contributed by atoms with Crippen LogP contribution in [0.2, 0.25) is 0 Å². The molecule has 0 aliphatic heterocycles. The Morgan fingerprint density at radius 2 is 1.95 bits per heavy atom. The molecule has 2 fully saturated rings. The molecule has 1 aromatic carbocycles. The highest BCUT2D eigenvalue weighted by Gasteiger charge is 2.48. The molecule has 3 nitrogen and oxygen atoms in total. The third-order valence-corrected chi connectivity index (χ3v) is 4.44. The van der Waals surface area contributed by atoms with Crippen molar-refractivity contribution in [2.75, 3.05) is 13.2 Å². The first-order valence-corrected chi connectivity index (χ1v) is 8.13. The molecule has 1 unspecified atom stereocenters. The molecule has 1 N–H and O–H groups in total. The lowest BCUT2D eigenvalue weighted by Crippen LogP contribution is -2.51. The van der Waals surface area contributed by atoms with Gasteiger partial charge in [-0.1, -0.05) is 30.3 Å². The van der Waals surface area contributed by atoms with E-state index < -0.39 is 5.54 Å². The molecule has 3 rings (SSSR count). The summed E-state index contributed by atoms with van der Waals surface area (Å²) in [6, 6.07) is 13.6. The van der Waals surface area contributed by atoms with Crippen LogP contribution in [0, 0.1) is 17.2 Å². The van der Waals surface area contributed by atoms with Crippen molar-refractivity contribution in [2.24, 2.45) is 5.92 Å². The van der Waals surface area contributed by atoms with Crippen molar-refractivity contribution in [2.45, 2.75) is 50.1 Å². The number of nitrogens with zero attached hydrogens (tertiary/aromatic N) is 1. The van der Waals surface area contributed by atoms with Crippen molar-refractivity contribution >= 4 is 0 Å². The maximum absolute atomic E-state index is 9.61. The van der Waals surface area contributed by atoms with Gasteiger partial charge in [0, 0.05) is 12.6 Å². The standard InChI is InChI=1S/C18H24N2O/c19-13-18(16-8-9-16,20-17-10-11-17)14-21-12-4-7-15-5-2-1-3-6-15/h1-3,5-6,16-17,20H,4,7-12,14H2. The third-order valence-electron chi connectivity index (χ3n) is 4.44. The Kier molecular flexibility index (Phi) is 4.57. The second kappa shape index (κ2) is 6.60. The Balaban J connectivity index is 1.41. The van der Waals surface area contributed by atoms with Crippen LogP contribution in [0.25, 0.3) is 0 Å². The maximum Gasteiger partial charge on any atom is 0.133 e. The Hall–Kier alpha value is -1.37. The first-order valence-electron chi connectivity index (χ1n) is 8.13. The highest BCUT2D eigenvalue weighted by molar-refractivity contribution is 5.17. The number of rotatable bonds is 9. The van der Waals surface area contributed by atoms with Crippen molar-refractivity contribution in [3.63, 3.8) is 0 Å². The summed E-state index contributed by atoms with van der Waals surface area (Å²) < 4.78 is 5.86. The van der Waals surface area contributed by atoms with Crippen molar-refractivity contribution in [3.8, 4) is 6.07 Å². The molecule has 112 valence electrons. The Bertz CT molecular complexity index is 488. The molecule has 3 heteroatoms. The highest BCUT2D eigenvalue weighted by Crippen LogP contribution is 2.41. The monoisotopic (exact) mass is 284 g/mol. The molecule has 21 heavy (non-hydrogen) atoms. The molecule has 0 aromatic heterocycles. The van der Waals surface area contributed by atoms with Crippen molar-refractivity contribution in [1.82, 2.24) is 5.32 Å². The number of nitriles is 1. The van der Waals surface area contributed by atoms with Crippen molar-refractivity contribution in [3.05, 3.63) is 35.9 Å². The first-order chi connectivity index (χ1) is 10.3. The van der Waals surface area contributed by atoms with Gasteiger partial charge in [-0.15, -0.1) is 0 Å². The first kappa shape index (κ1) is 14.6. The number of hydrogen-bond donors (Lipinski definition) is 1. The Morgan fingerprint density at radius 1 is 1.19 bits per heavy atom. The fraction of sp³-hybridized carbons (Fsp3) is 0.611. The van der Waals surface area contributed by atoms with Gasteiger partial charge < -0.3 is 4.74 Å². The summed E-state index contributed by atoms with van der Waals surface area (Å²) in [4.78, 5) is 0. The molecule has 0 radical (unpaired) electrons. The van der Waals surface area contributed by atoms with Gasteiger partial charge in [0.2, 0.25) is 0 Å². The summed E-state index contributed by atoms with van der Waals surface area (Å²) in [6.45, 7) is 1.27. The molecule has 0 heterocycles. The van der Waals surface area contributed by atoms with E-state index in [0.717, 1.165) is 19.4 Å². The number of ether oxygens (including phenoxy) is 1. The highest BCUT2D eigenvalue weighted by atomic mass is 16.5. The third kappa shape index (κ3) is 4.06. The molecule has 1 aromatic rings. The average molecular weight is 284 g/mol. The molecule has 0 amide bonds. The van der Waals surface area contributed by atoms with Gasteiger partial charge in [-0.3, -0.25) is 5.32 Å². The van der Waals surface area contributed by atoms with Gasteiger partial charge >= 0.3 is 0 Å². The van der Waals surface area contributed by atoms with Crippen LogP contribution in [-0.4, -0.2) is 24.8 Å². The smallest absolute Gasteiger partial charge is 0.133 e. The lowest BCUT2D eigenvalue weighted by atomic mass is 9.96. The van der Waals surface area contributed by atoms with Crippen LogP contribution < -0.4 is 5.32 Å². The lowest BCUT2D eigenvalue weighted by molar-refractivity contribution is 0.0784. The number of hydrogen-bond acceptors (Lipinski definition) is 3. The van der Waals surface area contributed by atoms with E-state index >= 15 is 0 Å². The summed E-state index contributed by atoms with van der Waals surface area (Å²) in [7, 11) is 0. The van der Waals surface area contributed by atoms with Crippen molar-refractivity contribution in [1.29, 1.82) is 5.26 Å². The molecular weight excluding hydrogens is 260 g/mol. The summed E-state index contributed by atoms with van der Waals surface area (Å²) in [6.07, 6.45) is 6.81. The SMILES string of the molecule is N#CC(COCCCc1ccccc1)(NC1CC1)C1CC1. The summed E-state index contributed by atoms with van der Waals surface area (Å²) in [5.41, 5.74) is 0.930. The van der Waals surface area contributed by atoms with Gasteiger partial charge in [0.1, 0.15) is 5.54 Å². The van der Waals surface area contributed by atoms with Crippen LogP contribution in [0.3, 0.4) is 0 Å². The zero-order valence-corrected chi connectivity index (χ0v) is 12.6. The Morgan fingerprint density at radius 3 is 2.57 bits per heavy atom. The van der Waals surface area contributed by atoms with Gasteiger partial charge in [-0.2, -0.15) is 5.26 Å². The minimum atomic E-state index is -0.423. The lowest BCUT2D eigenvalue weighted by Gasteiger charge is -2.28. The molecule has 2 saturated carbocycles. The van der Waals surface area contributed by atoms with Crippen LogP contribution in [0.1, 0.15) is 37.7 Å². The molecule has 0 saturated heterocycles. The minimum absolute atomic E-state index is 0.423. The molecule has 2 aliphatic rings. The van der Waals surface area contributed by atoms with Crippen molar-refractivity contribution < 1.29 is 4.74 Å². The van der Waals surface area contributed by atoms with Crippen LogP contribution >= 0.6 is 0 Å². The quantitative estimate of drug-likeness (QED) is 0.709. The zero-order valence-electron chi connectivity index (χ0n) is 12.6. The molecule has 0 spiro atoms. The number of nitrogens with one attached hydrogen (secondary N) is 1. The largest absolute Gasteiger partial charge is 0.378 e. The van der Waals surface area contributed by atoms with E-state index in [4.69, 9.17) is 4.74 Å². The molecule has 1 atom stereocenters. The van der Waals surface area contributed by atoms with Crippen LogP contribution in [0.4, 0.5) is 0 Å². The van der Waals surface area contributed by atoms with Gasteiger partial charge in [0.15, 0.2) is 0 Å². The predicted molar refractivity (Wildman–Crippen MR) is 82.8 cm³/mol. The van der Waals surface area contributed by atoms with Gasteiger partial charge in [0.05, 0.1) is 12.7 Å². The normalized spacial score (nSPS) is 20.7. The average Bonchev–Trinajstić information content (AvgIpc) is 3.39. The molecular formula is C18H24N2O. The molecule has 2 aliphatic carbocycles. The van der Waals surface area contributed by atoms with E-state index in [1.165, 1.54) is 31.2 Å². The fourth-order valence-electron chi connectivity index (χ4n) is 2.86. The number of aryl methyl sites for hydroxylation is 1. The van der Waals surface area contributed by atoms with Gasteiger partial charge in [0.25, 0.3) is 0 Å². The summed E-state index contributed by atoms with van der Waals surface area (Å²) in [5.74, 6) is 0.497. The second-order valence-electron chi connectivity index (χ2n) is 6.42. The number of benzene rings is 1. The second-order valence-corrected chi connectivity index (χ2v) is 6.42. The van der Waals surface area contributed by atoms with E-state index in [2.05, 4.69) is 35.7 Å². The summed E-state index contributed by atoms with van der Waals surface area (Å²) in [5, 5.41) is 13.1. The van der Waals surface area contributed by atoms with Crippen LogP contribution in [-0.2, 0) is 11.2 Å². The van der Waals surface area contributed by atoms with Crippen LogP contribution in [0.5, 0.6) is 0 Å². The minimum Gasteiger partial charge on any atom is -0.378 e. The van der Waals surface area contributed by atoms with Gasteiger partial charge in [-0.25, -0.2) is 0 Å². The predicted octanol–water partition coefficient (Wildman–Crippen LogP) is 3.06. The summed E-state index contributed by atoms with van der Waals surface area (Å²) >= 11 is 0.